The number of thioether (sulfide) groups is 1. The van der Waals surface area contributed by atoms with Gasteiger partial charge in [0.25, 0.3) is 0 Å². The molecule has 3 rings (SSSR count). The van der Waals surface area contributed by atoms with Crippen LogP contribution in [0.4, 0.5) is 10.1 Å². The largest absolute Gasteiger partial charge is 0.367 e. The van der Waals surface area contributed by atoms with Gasteiger partial charge < -0.3 is 9.80 Å². The third-order valence-electron chi connectivity index (χ3n) is 4.70. The Bertz CT molecular complexity index is 829. The molecule has 1 atom stereocenters. The molecule has 140 valence electrons. The maximum Gasteiger partial charge on any atom is 0.226 e. The van der Waals surface area contributed by atoms with Crippen molar-refractivity contribution in [3.63, 3.8) is 0 Å². The molecule has 1 fully saturated rings. The van der Waals surface area contributed by atoms with Crippen LogP contribution in [-0.4, -0.2) is 42.7 Å². The van der Waals surface area contributed by atoms with E-state index in [2.05, 4.69) is 0 Å². The highest BCUT2D eigenvalue weighted by Crippen LogP contribution is 2.25. The number of carbonyl (C=O) groups excluding carboxylic acids is 1. The van der Waals surface area contributed by atoms with Crippen LogP contribution >= 0.6 is 11.8 Å². The first-order valence-electron chi connectivity index (χ1n) is 9.00. The molecule has 1 saturated heterocycles. The van der Waals surface area contributed by atoms with Crippen LogP contribution in [0, 0.1) is 23.1 Å². The van der Waals surface area contributed by atoms with Crippen molar-refractivity contribution in [3.8, 4) is 6.07 Å². The van der Waals surface area contributed by atoms with Crippen molar-refractivity contribution < 1.29 is 9.18 Å². The molecule has 0 N–H and O–H groups in total. The summed E-state index contributed by atoms with van der Waals surface area (Å²) in [6.45, 7) is 4.33. The second-order valence-corrected chi connectivity index (χ2v) is 7.68. The molecule has 0 aromatic heterocycles. The molecule has 6 heteroatoms. The number of halogens is 1. The lowest BCUT2D eigenvalue weighted by atomic mass is 10.1. The first kappa shape index (κ1) is 19.2. The van der Waals surface area contributed by atoms with E-state index in [0.717, 1.165) is 10.6 Å². The number of piperazine rings is 1. The van der Waals surface area contributed by atoms with Crippen LogP contribution in [0.25, 0.3) is 0 Å². The first-order chi connectivity index (χ1) is 13.1. The number of nitriles is 1. The number of benzene rings is 2. The van der Waals surface area contributed by atoms with E-state index in [1.54, 1.807) is 23.9 Å². The highest BCUT2D eigenvalue weighted by Gasteiger charge is 2.26. The molecule has 2 aromatic carbocycles. The molecule has 2 aromatic rings. The molecule has 1 unspecified atom stereocenters. The Morgan fingerprint density at radius 1 is 1.15 bits per heavy atom. The van der Waals surface area contributed by atoms with E-state index < -0.39 is 5.82 Å². The summed E-state index contributed by atoms with van der Waals surface area (Å²) in [5.74, 6) is 0.328. The Balaban J connectivity index is 1.55. The number of anilines is 1. The van der Waals surface area contributed by atoms with Crippen LogP contribution in [0.2, 0.25) is 0 Å². The lowest BCUT2D eigenvalue weighted by Gasteiger charge is -2.37. The Labute approximate surface area is 163 Å². The molecule has 0 saturated carbocycles. The van der Waals surface area contributed by atoms with Crippen molar-refractivity contribution in [1.29, 1.82) is 5.26 Å². The van der Waals surface area contributed by atoms with Gasteiger partial charge >= 0.3 is 0 Å². The summed E-state index contributed by atoms with van der Waals surface area (Å²) in [5.41, 5.74) is 0.683. The van der Waals surface area contributed by atoms with Crippen molar-refractivity contribution in [2.45, 2.75) is 11.8 Å². The third-order valence-corrected chi connectivity index (χ3v) is 5.97. The van der Waals surface area contributed by atoms with Gasteiger partial charge in [-0.3, -0.25) is 4.79 Å². The van der Waals surface area contributed by atoms with Gasteiger partial charge in [0.05, 0.1) is 5.69 Å². The van der Waals surface area contributed by atoms with Crippen molar-refractivity contribution in [3.05, 3.63) is 59.9 Å². The zero-order valence-electron chi connectivity index (χ0n) is 15.3. The minimum absolute atomic E-state index is 0.0643. The number of hydrogen-bond donors (Lipinski definition) is 0. The number of hydrogen-bond acceptors (Lipinski definition) is 4. The summed E-state index contributed by atoms with van der Waals surface area (Å²) in [7, 11) is 0. The van der Waals surface area contributed by atoms with Gasteiger partial charge in [-0.2, -0.15) is 5.26 Å². The average Bonchev–Trinajstić information content (AvgIpc) is 2.72. The second-order valence-electron chi connectivity index (χ2n) is 6.58. The fourth-order valence-electron chi connectivity index (χ4n) is 3.18. The fraction of sp³-hybridized carbons (Fsp3) is 0.333. The van der Waals surface area contributed by atoms with E-state index >= 15 is 0 Å². The van der Waals surface area contributed by atoms with Crippen LogP contribution in [0.1, 0.15) is 12.5 Å². The van der Waals surface area contributed by atoms with Crippen molar-refractivity contribution >= 4 is 23.4 Å². The lowest BCUT2D eigenvalue weighted by molar-refractivity contribution is -0.134. The third kappa shape index (κ3) is 4.61. The van der Waals surface area contributed by atoms with Gasteiger partial charge in [0.2, 0.25) is 5.91 Å². The minimum atomic E-state index is -0.500. The highest BCUT2D eigenvalue weighted by atomic mass is 32.2. The van der Waals surface area contributed by atoms with E-state index in [-0.39, 0.29) is 17.4 Å². The summed E-state index contributed by atoms with van der Waals surface area (Å²) in [6.07, 6.45) is 0. The molecule has 1 aliphatic rings. The summed E-state index contributed by atoms with van der Waals surface area (Å²) in [5, 5.41) is 9.21. The predicted molar refractivity (Wildman–Crippen MR) is 106 cm³/mol. The average molecular weight is 383 g/mol. The molecule has 0 bridgehead atoms. The van der Waals surface area contributed by atoms with Crippen LogP contribution < -0.4 is 4.90 Å². The summed E-state index contributed by atoms with van der Waals surface area (Å²) in [6, 6.07) is 16.7. The van der Waals surface area contributed by atoms with Crippen LogP contribution in [0.5, 0.6) is 0 Å². The Morgan fingerprint density at radius 3 is 2.52 bits per heavy atom. The van der Waals surface area contributed by atoms with E-state index in [1.807, 2.05) is 53.1 Å². The van der Waals surface area contributed by atoms with Crippen LogP contribution in [0.15, 0.2) is 53.4 Å². The number of amides is 1. The smallest absolute Gasteiger partial charge is 0.226 e. The Kier molecular flexibility index (Phi) is 6.36. The first-order valence-corrected chi connectivity index (χ1v) is 9.99. The number of rotatable bonds is 5. The normalized spacial score (nSPS) is 15.3. The zero-order valence-corrected chi connectivity index (χ0v) is 16.1. The molecule has 0 spiro atoms. The molecule has 4 nitrogen and oxygen atoms in total. The lowest BCUT2D eigenvalue weighted by Crippen LogP contribution is -2.50. The minimum Gasteiger partial charge on any atom is -0.367 e. The van der Waals surface area contributed by atoms with E-state index in [0.29, 0.717) is 31.9 Å². The van der Waals surface area contributed by atoms with Gasteiger partial charge in [-0.05, 0) is 24.3 Å². The topological polar surface area (TPSA) is 47.3 Å². The molecular weight excluding hydrogens is 361 g/mol. The molecular formula is C21H22FN3OS. The molecule has 0 aliphatic carbocycles. The van der Waals surface area contributed by atoms with Gasteiger partial charge in [-0.25, -0.2) is 4.39 Å². The monoisotopic (exact) mass is 383 g/mol. The SMILES string of the molecule is CC(CSc1ccccc1)C(=O)N1CCN(c2cccc(F)c2C#N)CC1. The molecule has 0 radical (unpaired) electrons. The van der Waals surface area contributed by atoms with E-state index in [4.69, 9.17) is 0 Å². The molecule has 1 aliphatic heterocycles. The van der Waals surface area contributed by atoms with Crippen molar-refractivity contribution in [2.24, 2.45) is 5.92 Å². The van der Waals surface area contributed by atoms with E-state index in [9.17, 15) is 14.4 Å². The Morgan fingerprint density at radius 2 is 1.85 bits per heavy atom. The Hall–Kier alpha value is -2.52. The van der Waals surface area contributed by atoms with Gasteiger partial charge in [0, 0.05) is 42.7 Å². The van der Waals surface area contributed by atoms with Gasteiger partial charge in [-0.1, -0.05) is 31.2 Å². The number of carbonyl (C=O) groups is 1. The highest BCUT2D eigenvalue weighted by molar-refractivity contribution is 7.99. The zero-order chi connectivity index (χ0) is 19.2. The summed E-state index contributed by atoms with van der Waals surface area (Å²) < 4.78 is 13.8. The molecule has 27 heavy (non-hydrogen) atoms. The maximum absolute atomic E-state index is 13.8. The summed E-state index contributed by atoms with van der Waals surface area (Å²) >= 11 is 1.69. The summed E-state index contributed by atoms with van der Waals surface area (Å²) in [4.78, 5) is 17.7. The standard InChI is InChI=1S/C21H22FN3OS/c1-16(15-27-17-6-3-2-4-7-17)21(26)25-12-10-24(11-13-25)20-9-5-8-19(22)18(20)14-23/h2-9,16H,10-13,15H2,1H3. The van der Waals surface area contributed by atoms with E-state index in [1.165, 1.54) is 6.07 Å². The van der Waals surface area contributed by atoms with Crippen LogP contribution in [-0.2, 0) is 4.79 Å². The number of nitrogens with zero attached hydrogens (tertiary/aromatic N) is 3. The second kappa shape index (κ2) is 8.92. The van der Waals surface area contributed by atoms with Gasteiger partial charge in [-0.15, -0.1) is 11.8 Å². The molecule has 1 heterocycles. The van der Waals surface area contributed by atoms with Crippen LogP contribution in [0.3, 0.4) is 0 Å². The predicted octanol–water partition coefficient (Wildman–Crippen LogP) is 3.77. The maximum atomic E-state index is 13.8. The molecule has 1 amide bonds. The van der Waals surface area contributed by atoms with Crippen molar-refractivity contribution in [1.82, 2.24) is 4.90 Å². The van der Waals surface area contributed by atoms with Gasteiger partial charge in [0.15, 0.2) is 0 Å². The fourth-order valence-corrected chi connectivity index (χ4v) is 4.11. The van der Waals surface area contributed by atoms with Crippen molar-refractivity contribution in [2.75, 3.05) is 36.8 Å². The van der Waals surface area contributed by atoms with Gasteiger partial charge in [0.1, 0.15) is 17.4 Å². The quantitative estimate of drug-likeness (QED) is 0.738.